The highest BCUT2D eigenvalue weighted by atomic mass is 35.5. The van der Waals surface area contributed by atoms with Crippen molar-refractivity contribution in [2.24, 2.45) is 0 Å². The molecular weight excluding hydrogens is 511 g/mol. The van der Waals surface area contributed by atoms with E-state index in [1.54, 1.807) is 30.6 Å². The summed E-state index contributed by atoms with van der Waals surface area (Å²) in [6.07, 6.45) is 4.89. The molecule has 7 nitrogen and oxygen atoms in total. The Balaban J connectivity index is 1.48. The van der Waals surface area contributed by atoms with Crippen LogP contribution >= 0.6 is 23.2 Å². The van der Waals surface area contributed by atoms with Crippen LogP contribution in [0.15, 0.2) is 59.9 Å². The summed E-state index contributed by atoms with van der Waals surface area (Å²) in [7, 11) is -3.91. The van der Waals surface area contributed by atoms with Crippen LogP contribution in [-0.4, -0.2) is 43.1 Å². The van der Waals surface area contributed by atoms with Crippen LogP contribution < -0.4 is 0 Å². The van der Waals surface area contributed by atoms with E-state index in [0.29, 0.717) is 29.4 Å². The molecule has 1 aliphatic heterocycles. The Morgan fingerprint density at radius 1 is 1.20 bits per heavy atom. The molecule has 2 heterocycles. The van der Waals surface area contributed by atoms with Gasteiger partial charge in [-0.2, -0.15) is 8.42 Å². The molecule has 1 aliphatic rings. The zero-order valence-electron chi connectivity index (χ0n) is 19.6. The van der Waals surface area contributed by atoms with Crippen molar-refractivity contribution >= 4 is 33.3 Å². The number of hydrogen-bond acceptors (Lipinski definition) is 6. The molecule has 0 spiro atoms. The van der Waals surface area contributed by atoms with Crippen molar-refractivity contribution < 1.29 is 22.1 Å². The van der Waals surface area contributed by atoms with Crippen LogP contribution in [0.1, 0.15) is 30.2 Å². The fourth-order valence-corrected chi connectivity index (χ4v) is 5.46. The lowest BCUT2D eigenvalue weighted by atomic mass is 10.0. The Labute approximate surface area is 216 Å². The van der Waals surface area contributed by atoms with Crippen molar-refractivity contribution in [2.45, 2.75) is 56.4 Å². The number of rotatable bonds is 10. The number of ether oxygens (including phenoxy) is 2. The molecule has 188 valence electrons. The zero-order chi connectivity index (χ0) is 25.1. The highest BCUT2D eigenvalue weighted by molar-refractivity contribution is 7.86. The third-order valence-electron chi connectivity index (χ3n) is 5.99. The van der Waals surface area contributed by atoms with Gasteiger partial charge in [0.15, 0.2) is 5.79 Å². The number of nitrogens with zero attached hydrogens (tertiary/aromatic N) is 2. The largest absolute Gasteiger partial charge is 0.345 e. The quantitative estimate of drug-likeness (QED) is 0.329. The van der Waals surface area contributed by atoms with Crippen LogP contribution in [0.5, 0.6) is 0 Å². The van der Waals surface area contributed by atoms with Crippen molar-refractivity contribution in [2.75, 3.05) is 13.2 Å². The first-order chi connectivity index (χ1) is 16.7. The van der Waals surface area contributed by atoms with E-state index >= 15 is 0 Å². The van der Waals surface area contributed by atoms with Gasteiger partial charge in [-0.1, -0.05) is 53.9 Å². The molecule has 0 bridgehead atoms. The first-order valence-electron chi connectivity index (χ1n) is 11.4. The van der Waals surface area contributed by atoms with E-state index < -0.39 is 22.0 Å². The van der Waals surface area contributed by atoms with Crippen LogP contribution in [0.25, 0.3) is 0 Å². The summed E-state index contributed by atoms with van der Waals surface area (Å²) in [6, 6.07) is 11.9. The van der Waals surface area contributed by atoms with Gasteiger partial charge in [-0.15, -0.1) is 0 Å². The van der Waals surface area contributed by atoms with Gasteiger partial charge < -0.3 is 14.0 Å². The van der Waals surface area contributed by atoms with E-state index in [4.69, 9.17) is 36.9 Å². The van der Waals surface area contributed by atoms with Crippen LogP contribution in [0.4, 0.5) is 0 Å². The second kappa shape index (κ2) is 11.0. The van der Waals surface area contributed by atoms with Crippen molar-refractivity contribution in [3.8, 4) is 0 Å². The zero-order valence-corrected chi connectivity index (χ0v) is 21.9. The van der Waals surface area contributed by atoms with Gasteiger partial charge in [0.05, 0.1) is 31.0 Å². The van der Waals surface area contributed by atoms with E-state index in [-0.39, 0.29) is 18.1 Å². The molecule has 1 saturated heterocycles. The van der Waals surface area contributed by atoms with E-state index in [9.17, 15) is 8.42 Å². The molecule has 0 radical (unpaired) electrons. The van der Waals surface area contributed by atoms with Gasteiger partial charge in [0, 0.05) is 28.4 Å². The van der Waals surface area contributed by atoms with Gasteiger partial charge in [0.1, 0.15) is 6.10 Å². The smallest absolute Gasteiger partial charge is 0.297 e. The molecule has 3 aromatic rings. The van der Waals surface area contributed by atoms with Crippen molar-refractivity contribution in [1.29, 1.82) is 0 Å². The molecule has 2 atom stereocenters. The predicted octanol–water partition coefficient (Wildman–Crippen LogP) is 5.21. The minimum atomic E-state index is -3.91. The summed E-state index contributed by atoms with van der Waals surface area (Å²) in [5.74, 6) is -0.991. The van der Waals surface area contributed by atoms with Gasteiger partial charge in [-0.3, -0.25) is 4.18 Å². The van der Waals surface area contributed by atoms with Gasteiger partial charge in [-0.05, 0) is 49.6 Å². The molecular formula is C25H28Cl2N2O5S. The van der Waals surface area contributed by atoms with Gasteiger partial charge >= 0.3 is 0 Å². The van der Waals surface area contributed by atoms with Crippen molar-refractivity contribution in [3.63, 3.8) is 0 Å². The molecule has 4 rings (SSSR count). The Morgan fingerprint density at radius 3 is 2.69 bits per heavy atom. The first kappa shape index (κ1) is 26.1. The lowest BCUT2D eigenvalue weighted by Gasteiger charge is -2.29. The SMILES string of the molecule is CCc1cncn1C[C@]1(CCc2ccc(Cl)cc2Cl)OC[C@@H](COS(=O)(=O)c2ccc(C)cc2)O1. The molecule has 10 heteroatoms. The number of aryl methyl sites for hydroxylation is 3. The Bertz CT molecular complexity index is 1260. The minimum Gasteiger partial charge on any atom is -0.345 e. The number of benzene rings is 2. The van der Waals surface area contributed by atoms with E-state index in [0.717, 1.165) is 23.2 Å². The van der Waals surface area contributed by atoms with Crippen LogP contribution in [0, 0.1) is 6.92 Å². The van der Waals surface area contributed by atoms with Crippen LogP contribution in [0.3, 0.4) is 0 Å². The first-order valence-corrected chi connectivity index (χ1v) is 13.6. The summed E-state index contributed by atoms with van der Waals surface area (Å²) in [5, 5.41) is 1.14. The summed E-state index contributed by atoms with van der Waals surface area (Å²) >= 11 is 12.4. The lowest BCUT2D eigenvalue weighted by molar-refractivity contribution is -0.184. The van der Waals surface area contributed by atoms with Crippen LogP contribution in [-0.2, 0) is 43.2 Å². The maximum absolute atomic E-state index is 12.6. The summed E-state index contributed by atoms with van der Waals surface area (Å²) in [6.45, 7) is 4.40. The van der Waals surface area contributed by atoms with Gasteiger partial charge in [0.25, 0.3) is 10.1 Å². The second-order valence-corrected chi connectivity index (χ2v) is 11.1. The van der Waals surface area contributed by atoms with E-state index in [2.05, 4.69) is 11.9 Å². The molecule has 1 fully saturated rings. The van der Waals surface area contributed by atoms with Crippen molar-refractivity contribution in [3.05, 3.63) is 81.9 Å². The standard InChI is InChI=1S/C25H28Cl2N2O5S/c1-3-21-13-28-17-29(21)16-25(11-10-19-6-7-20(26)12-24(19)27)32-14-22(34-25)15-33-35(30,31)23-8-4-18(2)5-9-23/h4-9,12-13,17,22H,3,10-11,14-16H2,1-2H3/t22-,25+/m0/s1. The molecule has 0 unspecified atom stereocenters. The average Bonchev–Trinajstić information content (AvgIpc) is 3.44. The molecule has 0 aliphatic carbocycles. The summed E-state index contributed by atoms with van der Waals surface area (Å²) in [4.78, 5) is 4.36. The average molecular weight is 539 g/mol. The number of imidazole rings is 1. The summed E-state index contributed by atoms with van der Waals surface area (Å²) in [5.41, 5.74) is 2.93. The van der Waals surface area contributed by atoms with Crippen LogP contribution in [0.2, 0.25) is 10.0 Å². The number of aromatic nitrogens is 2. The fourth-order valence-electron chi connectivity index (χ4n) is 4.02. The number of hydrogen-bond donors (Lipinski definition) is 0. The van der Waals surface area contributed by atoms with E-state index in [1.165, 1.54) is 12.1 Å². The topological polar surface area (TPSA) is 79.7 Å². The molecule has 0 N–H and O–H groups in total. The second-order valence-electron chi connectivity index (χ2n) is 8.62. The molecule has 35 heavy (non-hydrogen) atoms. The van der Waals surface area contributed by atoms with Crippen molar-refractivity contribution in [1.82, 2.24) is 9.55 Å². The van der Waals surface area contributed by atoms with Gasteiger partial charge in [-0.25, -0.2) is 4.98 Å². The lowest BCUT2D eigenvalue weighted by Crippen LogP contribution is -2.38. The Morgan fingerprint density at radius 2 is 1.97 bits per heavy atom. The summed E-state index contributed by atoms with van der Waals surface area (Å²) < 4.78 is 45.1. The molecule has 2 aromatic carbocycles. The Kier molecular flexibility index (Phi) is 8.20. The highest BCUT2D eigenvalue weighted by Crippen LogP contribution is 2.33. The number of halogens is 2. The highest BCUT2D eigenvalue weighted by Gasteiger charge is 2.42. The minimum absolute atomic E-state index is 0.108. The van der Waals surface area contributed by atoms with E-state index in [1.807, 2.05) is 23.8 Å². The third-order valence-corrected chi connectivity index (χ3v) is 7.88. The maximum atomic E-state index is 12.6. The Hall–Kier alpha value is -1.94. The van der Waals surface area contributed by atoms with Gasteiger partial charge in [0.2, 0.25) is 0 Å². The fraction of sp³-hybridized carbons (Fsp3) is 0.400. The third kappa shape index (κ3) is 6.44. The molecule has 1 aromatic heterocycles. The molecule has 0 amide bonds. The maximum Gasteiger partial charge on any atom is 0.297 e. The normalized spacial score (nSPS) is 20.4. The monoisotopic (exact) mass is 538 g/mol. The molecule has 0 saturated carbocycles. The predicted molar refractivity (Wildman–Crippen MR) is 134 cm³/mol.